The van der Waals surface area contributed by atoms with E-state index in [2.05, 4.69) is 50.8 Å². The molecule has 0 N–H and O–H groups in total. The summed E-state index contributed by atoms with van der Waals surface area (Å²) in [4.78, 5) is 0. The van der Waals surface area contributed by atoms with Crippen molar-refractivity contribution in [1.29, 1.82) is 0 Å². The lowest BCUT2D eigenvalue weighted by Gasteiger charge is -2.02. The molecular weight excluding hydrogens is 216 g/mol. The molecule has 0 radical (unpaired) electrons. The van der Waals surface area contributed by atoms with Crippen LogP contribution in [0.15, 0.2) is 48.6 Å². The molecule has 0 saturated heterocycles. The predicted octanol–water partition coefficient (Wildman–Crippen LogP) is 5.73. The van der Waals surface area contributed by atoms with Gasteiger partial charge in [-0.15, -0.1) is 0 Å². The zero-order chi connectivity index (χ0) is 12.8. The lowest BCUT2D eigenvalue weighted by molar-refractivity contribution is 1.23. The summed E-state index contributed by atoms with van der Waals surface area (Å²) in [5.74, 6) is 0. The van der Waals surface area contributed by atoms with Crippen molar-refractivity contribution in [1.82, 2.24) is 0 Å². The number of hydrogen-bond acceptors (Lipinski definition) is 0. The molecule has 0 atom stereocenters. The van der Waals surface area contributed by atoms with Gasteiger partial charge in [0.1, 0.15) is 0 Å². The third-order valence-corrected chi connectivity index (χ3v) is 2.86. The highest BCUT2D eigenvalue weighted by Gasteiger charge is 2.17. The zero-order valence-corrected chi connectivity index (χ0v) is 11.4. The summed E-state index contributed by atoms with van der Waals surface area (Å²) in [7, 11) is 0. The van der Waals surface area contributed by atoms with Crippen LogP contribution in [0.25, 0.3) is 5.57 Å². The number of benzene rings is 1. The Morgan fingerprint density at radius 3 is 2.44 bits per heavy atom. The zero-order valence-electron chi connectivity index (χ0n) is 11.4. The van der Waals surface area contributed by atoms with Gasteiger partial charge in [0, 0.05) is 0 Å². The summed E-state index contributed by atoms with van der Waals surface area (Å²) in [6.07, 6.45) is 7.27. The molecule has 1 aromatic carbocycles. The predicted molar refractivity (Wildman–Crippen MR) is 84.9 cm³/mol. The molecule has 0 saturated carbocycles. The van der Waals surface area contributed by atoms with Gasteiger partial charge in [0.2, 0.25) is 0 Å². The third-order valence-electron chi connectivity index (χ3n) is 2.86. The van der Waals surface area contributed by atoms with Crippen LogP contribution < -0.4 is 0 Å². The van der Waals surface area contributed by atoms with Gasteiger partial charge in [0.15, 0.2) is 0 Å². The van der Waals surface area contributed by atoms with E-state index < -0.39 is 0 Å². The van der Waals surface area contributed by atoms with E-state index in [4.69, 9.17) is 0 Å². The summed E-state index contributed by atoms with van der Waals surface area (Å²) in [6, 6.07) is 6.67. The molecule has 1 aliphatic rings. The second-order valence-electron chi connectivity index (χ2n) is 3.98. The average Bonchev–Trinajstić information content (AvgIpc) is 2.69. The van der Waals surface area contributed by atoms with E-state index in [0.717, 1.165) is 6.42 Å². The fraction of sp³-hybridized carbons (Fsp3) is 0.333. The summed E-state index contributed by atoms with van der Waals surface area (Å²) < 4.78 is 0. The lowest BCUT2D eigenvalue weighted by Crippen LogP contribution is -1.84. The first-order valence-corrected chi connectivity index (χ1v) is 6.34. The van der Waals surface area contributed by atoms with Gasteiger partial charge in [-0.25, -0.2) is 0 Å². The molecule has 0 spiro atoms. The summed E-state index contributed by atoms with van der Waals surface area (Å²) in [5, 5.41) is 0. The van der Waals surface area contributed by atoms with Crippen LogP contribution in [0.2, 0.25) is 0 Å². The Balaban J connectivity index is 0.000000917. The van der Waals surface area contributed by atoms with E-state index in [1.807, 2.05) is 19.9 Å². The largest absolute Gasteiger partial charge is 0.0988 e. The highest BCUT2D eigenvalue weighted by molar-refractivity contribution is 5.84. The second kappa shape index (κ2) is 7.71. The van der Waals surface area contributed by atoms with E-state index in [0.29, 0.717) is 0 Å². The van der Waals surface area contributed by atoms with Crippen LogP contribution in [0.5, 0.6) is 0 Å². The molecule has 98 valence electrons. The Morgan fingerprint density at radius 1 is 1.22 bits per heavy atom. The van der Waals surface area contributed by atoms with Crippen LogP contribution >= 0.6 is 0 Å². The fourth-order valence-corrected chi connectivity index (χ4v) is 2.15. The number of hydrogen-bond donors (Lipinski definition) is 0. The SMILES string of the molecule is C.C=CC1=C(/C=C\C)c2ccc(C)cc2C1.CC. The molecule has 0 unspecified atom stereocenters. The normalized spacial score (nSPS) is 12.7. The molecule has 0 aromatic heterocycles. The van der Waals surface area contributed by atoms with Crippen molar-refractivity contribution >= 4 is 5.57 Å². The van der Waals surface area contributed by atoms with Gasteiger partial charge < -0.3 is 0 Å². The number of aryl methyl sites for hydroxylation is 1. The molecule has 0 amide bonds. The standard InChI is InChI=1S/C15H16.C2H6.CH4/c1-4-6-14-12(5-2)10-13-9-11(3)7-8-15(13)14;1-2;/h4-9H,2,10H2,1,3H3;1-2H3;1H4/b6-4-;;. The lowest BCUT2D eigenvalue weighted by atomic mass is 10.0. The van der Waals surface area contributed by atoms with Crippen molar-refractivity contribution < 1.29 is 0 Å². The molecule has 1 aromatic rings. The second-order valence-corrected chi connectivity index (χ2v) is 3.98. The quantitative estimate of drug-likeness (QED) is 0.621. The maximum absolute atomic E-state index is 3.89. The number of fused-ring (bicyclic) bond motifs is 1. The van der Waals surface area contributed by atoms with Crippen molar-refractivity contribution in [2.45, 2.75) is 41.5 Å². The molecule has 1 aliphatic carbocycles. The highest BCUT2D eigenvalue weighted by Crippen LogP contribution is 2.34. The Hall–Kier alpha value is -1.56. The molecule has 0 heteroatoms. The minimum atomic E-state index is 0. The molecule has 2 rings (SSSR count). The first-order chi connectivity index (χ1) is 8.26. The average molecular weight is 242 g/mol. The molecular formula is C18H26. The van der Waals surface area contributed by atoms with Crippen molar-refractivity contribution in [3.8, 4) is 0 Å². The van der Waals surface area contributed by atoms with Crippen LogP contribution in [0.1, 0.15) is 44.9 Å². The van der Waals surface area contributed by atoms with Gasteiger partial charge in [0.25, 0.3) is 0 Å². The Labute approximate surface area is 113 Å². The Morgan fingerprint density at radius 2 is 1.89 bits per heavy atom. The minimum Gasteiger partial charge on any atom is -0.0988 e. The molecule has 18 heavy (non-hydrogen) atoms. The van der Waals surface area contributed by atoms with Gasteiger partial charge in [-0.1, -0.05) is 69.8 Å². The van der Waals surface area contributed by atoms with E-state index >= 15 is 0 Å². The van der Waals surface area contributed by atoms with Crippen molar-refractivity contribution in [3.63, 3.8) is 0 Å². The van der Waals surface area contributed by atoms with Gasteiger partial charge in [-0.05, 0) is 42.5 Å². The van der Waals surface area contributed by atoms with E-state index in [9.17, 15) is 0 Å². The summed E-state index contributed by atoms with van der Waals surface area (Å²) in [6.45, 7) is 12.1. The third kappa shape index (κ3) is 3.22. The molecule has 0 nitrogen and oxygen atoms in total. The van der Waals surface area contributed by atoms with Crippen LogP contribution in [-0.2, 0) is 6.42 Å². The van der Waals surface area contributed by atoms with E-state index in [-0.39, 0.29) is 7.43 Å². The van der Waals surface area contributed by atoms with Gasteiger partial charge >= 0.3 is 0 Å². The number of allylic oxidation sites excluding steroid dienone is 5. The molecule has 0 aliphatic heterocycles. The van der Waals surface area contributed by atoms with E-state index in [1.165, 1.54) is 27.8 Å². The van der Waals surface area contributed by atoms with E-state index in [1.54, 1.807) is 0 Å². The van der Waals surface area contributed by atoms with Crippen molar-refractivity contribution in [2.75, 3.05) is 0 Å². The first-order valence-electron chi connectivity index (χ1n) is 6.34. The smallest absolute Gasteiger partial charge is 0.00136 e. The Kier molecular flexibility index (Phi) is 7.04. The molecule has 0 fully saturated rings. The van der Waals surface area contributed by atoms with Crippen LogP contribution in [0, 0.1) is 6.92 Å². The van der Waals surface area contributed by atoms with Crippen molar-refractivity contribution in [2.24, 2.45) is 0 Å². The fourth-order valence-electron chi connectivity index (χ4n) is 2.15. The highest BCUT2D eigenvalue weighted by atomic mass is 14.2. The topological polar surface area (TPSA) is 0 Å². The maximum Gasteiger partial charge on any atom is -0.00136 e. The molecule has 0 bridgehead atoms. The van der Waals surface area contributed by atoms with Crippen molar-refractivity contribution in [3.05, 3.63) is 65.3 Å². The first kappa shape index (κ1) is 16.4. The van der Waals surface area contributed by atoms with Gasteiger partial charge in [-0.2, -0.15) is 0 Å². The maximum atomic E-state index is 3.89. The van der Waals surface area contributed by atoms with Crippen LogP contribution in [-0.4, -0.2) is 0 Å². The summed E-state index contributed by atoms with van der Waals surface area (Å²) >= 11 is 0. The molecule has 0 heterocycles. The summed E-state index contributed by atoms with van der Waals surface area (Å²) in [5.41, 5.74) is 6.81. The number of rotatable bonds is 2. The van der Waals surface area contributed by atoms with Gasteiger partial charge in [0.05, 0.1) is 0 Å². The van der Waals surface area contributed by atoms with Crippen LogP contribution in [0.4, 0.5) is 0 Å². The minimum absolute atomic E-state index is 0. The Bertz CT molecular complexity index is 459. The van der Waals surface area contributed by atoms with Gasteiger partial charge in [-0.3, -0.25) is 0 Å². The monoisotopic (exact) mass is 242 g/mol. The van der Waals surface area contributed by atoms with Crippen LogP contribution in [0.3, 0.4) is 0 Å².